The lowest BCUT2D eigenvalue weighted by Gasteiger charge is -2.13. The van der Waals surface area contributed by atoms with Crippen molar-refractivity contribution in [3.05, 3.63) is 90.0 Å². The first-order valence-corrected chi connectivity index (χ1v) is 11.7. The van der Waals surface area contributed by atoms with Gasteiger partial charge in [0.1, 0.15) is 36.2 Å². The summed E-state index contributed by atoms with van der Waals surface area (Å²) in [7, 11) is 0. The molecular formula is C28H31NO6. The van der Waals surface area contributed by atoms with Crippen molar-refractivity contribution in [3.8, 4) is 17.2 Å². The van der Waals surface area contributed by atoms with E-state index < -0.39 is 12.1 Å². The Balaban J connectivity index is 1.64. The van der Waals surface area contributed by atoms with Crippen molar-refractivity contribution < 1.29 is 28.9 Å². The minimum atomic E-state index is -0.972. The minimum absolute atomic E-state index is 0.207. The first-order chi connectivity index (χ1) is 17.1. The number of carboxylic acid groups (broad SMARTS) is 1. The molecule has 0 aliphatic heterocycles. The summed E-state index contributed by atoms with van der Waals surface area (Å²) in [4.78, 5) is 16.7. The number of rotatable bonds is 14. The Bertz CT molecular complexity index is 1060. The largest absolute Gasteiger partial charge is 0.487 e. The predicted octanol–water partition coefficient (Wildman–Crippen LogP) is 5.72. The minimum Gasteiger partial charge on any atom is -0.487 e. The Morgan fingerprint density at radius 2 is 1.54 bits per heavy atom. The van der Waals surface area contributed by atoms with Crippen LogP contribution < -0.4 is 9.47 Å². The third kappa shape index (κ3) is 8.46. The highest BCUT2D eigenvalue weighted by atomic mass is 16.6. The van der Waals surface area contributed by atoms with Gasteiger partial charge in [0.15, 0.2) is 6.10 Å². The van der Waals surface area contributed by atoms with E-state index in [2.05, 4.69) is 5.16 Å². The summed E-state index contributed by atoms with van der Waals surface area (Å²) in [5.41, 5.74) is 2.36. The van der Waals surface area contributed by atoms with Gasteiger partial charge in [-0.2, -0.15) is 0 Å². The number of hydrogen-bond donors (Lipinski definition) is 1. The average Bonchev–Trinajstić information content (AvgIpc) is 2.88. The van der Waals surface area contributed by atoms with Gasteiger partial charge in [0.25, 0.3) is 0 Å². The Hall–Kier alpha value is -3.84. The highest BCUT2D eigenvalue weighted by Crippen LogP contribution is 2.22. The molecule has 0 fully saturated rings. The maximum Gasteiger partial charge on any atom is 0.333 e. The van der Waals surface area contributed by atoms with E-state index in [1.54, 1.807) is 6.92 Å². The molecule has 7 heteroatoms. The number of carboxylic acids is 1. The first kappa shape index (κ1) is 25.8. The summed E-state index contributed by atoms with van der Waals surface area (Å²) in [5.74, 6) is 1.16. The normalized spacial score (nSPS) is 12.1. The molecule has 0 aliphatic carbocycles. The molecule has 0 heterocycles. The van der Waals surface area contributed by atoms with E-state index in [1.807, 2.05) is 85.8 Å². The van der Waals surface area contributed by atoms with Crippen molar-refractivity contribution in [3.63, 3.8) is 0 Å². The molecule has 1 N–H and O–H groups in total. The van der Waals surface area contributed by atoms with Gasteiger partial charge in [-0.05, 0) is 67.4 Å². The smallest absolute Gasteiger partial charge is 0.333 e. The number of aliphatic carboxylic acids is 1. The number of benzene rings is 3. The quantitative estimate of drug-likeness (QED) is 0.182. The third-order valence-corrected chi connectivity index (χ3v) is 5.00. The molecule has 3 rings (SSSR count). The first-order valence-electron chi connectivity index (χ1n) is 11.7. The molecule has 0 saturated heterocycles. The zero-order valence-corrected chi connectivity index (χ0v) is 20.1. The summed E-state index contributed by atoms with van der Waals surface area (Å²) in [5, 5.41) is 13.5. The monoisotopic (exact) mass is 477 g/mol. The van der Waals surface area contributed by atoms with Gasteiger partial charge in [-0.3, -0.25) is 0 Å². The molecule has 7 nitrogen and oxygen atoms in total. The van der Waals surface area contributed by atoms with Crippen LogP contribution in [0.1, 0.15) is 31.4 Å². The van der Waals surface area contributed by atoms with Crippen LogP contribution in [-0.4, -0.2) is 42.7 Å². The second kappa shape index (κ2) is 13.8. The molecular weight excluding hydrogens is 446 g/mol. The SMILES string of the molecule is CCCO/N=C(\COc1ccc(CC(OCC)C(=O)O)cc1)c1ccc(Oc2ccccc2)cc1. The molecule has 1 atom stereocenters. The van der Waals surface area contributed by atoms with E-state index in [-0.39, 0.29) is 6.61 Å². The number of hydrogen-bond acceptors (Lipinski definition) is 6. The van der Waals surface area contributed by atoms with Gasteiger partial charge in [-0.1, -0.05) is 42.4 Å². The van der Waals surface area contributed by atoms with Crippen LogP contribution in [-0.2, 0) is 20.8 Å². The van der Waals surface area contributed by atoms with E-state index >= 15 is 0 Å². The molecule has 0 radical (unpaired) electrons. The molecule has 3 aromatic rings. The number of para-hydroxylation sites is 1. The molecule has 0 bridgehead atoms. The molecule has 0 aromatic heterocycles. The van der Waals surface area contributed by atoms with Gasteiger partial charge < -0.3 is 24.2 Å². The second-order valence-electron chi connectivity index (χ2n) is 7.73. The molecule has 1 unspecified atom stereocenters. The van der Waals surface area contributed by atoms with Crippen molar-refractivity contribution in [2.45, 2.75) is 32.8 Å². The van der Waals surface area contributed by atoms with E-state index in [0.29, 0.717) is 31.1 Å². The number of oxime groups is 1. The summed E-state index contributed by atoms with van der Waals surface area (Å²) < 4.78 is 17.1. The lowest BCUT2D eigenvalue weighted by molar-refractivity contribution is -0.149. The highest BCUT2D eigenvalue weighted by molar-refractivity contribution is 6.01. The predicted molar refractivity (Wildman–Crippen MR) is 134 cm³/mol. The Kier molecular flexibility index (Phi) is 10.1. The molecule has 0 spiro atoms. The molecule has 184 valence electrons. The van der Waals surface area contributed by atoms with Gasteiger partial charge >= 0.3 is 5.97 Å². The fraction of sp³-hybridized carbons (Fsp3) is 0.286. The van der Waals surface area contributed by atoms with Crippen LogP contribution >= 0.6 is 0 Å². The standard InChI is InChI=1S/C28H31NO6/c1-3-18-34-29-26(22-12-16-25(17-13-22)35-24-8-6-5-7-9-24)20-33-23-14-10-21(11-15-23)19-27(28(30)31)32-4-2/h5-17,27H,3-4,18-20H2,1-2H3,(H,30,31)/b29-26+. The number of carbonyl (C=O) groups is 1. The topological polar surface area (TPSA) is 86.6 Å². The van der Waals surface area contributed by atoms with Crippen LogP contribution in [0.25, 0.3) is 0 Å². The van der Waals surface area contributed by atoms with Crippen molar-refractivity contribution in [2.75, 3.05) is 19.8 Å². The van der Waals surface area contributed by atoms with Crippen LogP contribution in [0.5, 0.6) is 17.2 Å². The zero-order chi connectivity index (χ0) is 24.9. The molecule has 3 aromatic carbocycles. The Morgan fingerprint density at radius 1 is 0.886 bits per heavy atom. The van der Waals surface area contributed by atoms with Crippen molar-refractivity contribution in [1.29, 1.82) is 0 Å². The van der Waals surface area contributed by atoms with Crippen molar-refractivity contribution in [2.24, 2.45) is 5.16 Å². The summed E-state index contributed by atoms with van der Waals surface area (Å²) in [6.07, 6.45) is 0.274. The fourth-order valence-electron chi connectivity index (χ4n) is 3.22. The van der Waals surface area contributed by atoms with Crippen LogP contribution in [0.15, 0.2) is 84.0 Å². The van der Waals surface area contributed by atoms with Gasteiger partial charge in [-0.25, -0.2) is 4.79 Å². The van der Waals surface area contributed by atoms with Crippen molar-refractivity contribution in [1.82, 2.24) is 0 Å². The number of nitrogens with zero attached hydrogens (tertiary/aromatic N) is 1. The van der Waals surface area contributed by atoms with E-state index in [1.165, 1.54) is 0 Å². The van der Waals surface area contributed by atoms with E-state index in [0.717, 1.165) is 29.0 Å². The summed E-state index contributed by atoms with van der Waals surface area (Å²) in [6, 6.07) is 24.5. The Morgan fingerprint density at radius 3 is 2.17 bits per heavy atom. The van der Waals surface area contributed by atoms with E-state index in [4.69, 9.17) is 19.0 Å². The van der Waals surface area contributed by atoms with Gasteiger partial charge in [-0.15, -0.1) is 0 Å². The maximum atomic E-state index is 11.3. The zero-order valence-electron chi connectivity index (χ0n) is 20.1. The van der Waals surface area contributed by atoms with E-state index in [9.17, 15) is 9.90 Å². The lowest BCUT2D eigenvalue weighted by atomic mass is 10.1. The highest BCUT2D eigenvalue weighted by Gasteiger charge is 2.18. The summed E-state index contributed by atoms with van der Waals surface area (Å²) >= 11 is 0. The fourth-order valence-corrected chi connectivity index (χ4v) is 3.22. The molecule has 0 saturated carbocycles. The third-order valence-electron chi connectivity index (χ3n) is 5.00. The number of ether oxygens (including phenoxy) is 3. The average molecular weight is 478 g/mol. The Labute approximate surface area is 205 Å². The van der Waals surface area contributed by atoms with Crippen LogP contribution in [0, 0.1) is 0 Å². The van der Waals surface area contributed by atoms with Gasteiger partial charge in [0.2, 0.25) is 0 Å². The lowest BCUT2D eigenvalue weighted by Crippen LogP contribution is -2.26. The van der Waals surface area contributed by atoms with Crippen molar-refractivity contribution >= 4 is 11.7 Å². The molecule has 35 heavy (non-hydrogen) atoms. The molecule has 0 aliphatic rings. The van der Waals surface area contributed by atoms with Crippen LogP contribution in [0.2, 0.25) is 0 Å². The van der Waals surface area contributed by atoms with Gasteiger partial charge in [0, 0.05) is 18.6 Å². The maximum absolute atomic E-state index is 11.3. The summed E-state index contributed by atoms with van der Waals surface area (Å²) in [6.45, 7) is 4.86. The van der Waals surface area contributed by atoms with Crippen LogP contribution in [0.4, 0.5) is 0 Å². The molecule has 0 amide bonds. The van der Waals surface area contributed by atoms with Crippen LogP contribution in [0.3, 0.4) is 0 Å². The van der Waals surface area contributed by atoms with Gasteiger partial charge in [0.05, 0.1) is 0 Å². The second-order valence-corrected chi connectivity index (χ2v) is 7.73.